The molecule has 1 aliphatic heterocycles. The van der Waals surface area contributed by atoms with Gasteiger partial charge >= 0.3 is 0 Å². The maximum Gasteiger partial charge on any atom is 0.165 e. The molecule has 0 saturated carbocycles. The molecule has 282 valence electrons. The zero-order valence-corrected chi connectivity index (χ0v) is 36.7. The molecule has 0 radical (unpaired) electrons. The maximum absolute atomic E-state index is 8.50. The minimum atomic E-state index is -2.79. The molecule has 0 bridgehead atoms. The van der Waals surface area contributed by atoms with Crippen molar-refractivity contribution < 1.29 is 0 Å². The number of hydrogen-bond donors (Lipinski definition) is 0. The first kappa shape index (κ1) is 39.0. The van der Waals surface area contributed by atoms with Gasteiger partial charge in [0.1, 0.15) is 30.6 Å². The standard InChI is InChI=1S/C51H40Cl2NP4/c52-55-50(57(43-29-13-3-14-30-43,44-31-15-4-16-32-44)45-33-17-5-18-34-45)49(41-25-9-1-10-26-41)51(56(53)54(55)42-27-11-2-12-28-42)58(46-35-19-6-20-36-46,47-37-21-7-22-38-47)48-39-23-8-24-40-48/h1-40H/q+1. The van der Waals surface area contributed by atoms with Crippen molar-refractivity contribution in [2.24, 2.45) is 0 Å². The number of para-hydroxylation sites is 1. The van der Waals surface area contributed by atoms with Crippen LogP contribution in [0.15, 0.2) is 248 Å². The third-order valence-corrected chi connectivity index (χ3v) is 28.4. The highest BCUT2D eigenvalue weighted by molar-refractivity contribution is 8.23. The molecule has 1 aliphatic rings. The fourth-order valence-electron chi connectivity index (χ4n) is 8.28. The van der Waals surface area contributed by atoms with Gasteiger partial charge in [-0.2, -0.15) is 0 Å². The summed E-state index contributed by atoms with van der Waals surface area (Å²) in [6, 6.07) is 88.4. The lowest BCUT2D eigenvalue weighted by atomic mass is 10.1. The molecule has 7 heteroatoms. The number of anilines is 1. The van der Waals surface area contributed by atoms with Gasteiger partial charge in [0.25, 0.3) is 0 Å². The molecule has 58 heavy (non-hydrogen) atoms. The quantitative estimate of drug-likeness (QED) is 0.131. The molecule has 0 N–H and O–H groups in total. The third-order valence-electron chi connectivity index (χ3n) is 10.7. The Balaban J connectivity index is 1.64. The molecule has 0 fully saturated rings. The summed E-state index contributed by atoms with van der Waals surface area (Å²) in [5.74, 6) is 0. The first-order valence-electron chi connectivity index (χ1n) is 19.2. The van der Waals surface area contributed by atoms with Gasteiger partial charge in [-0.1, -0.05) is 217 Å². The highest BCUT2D eigenvalue weighted by atomic mass is 35.7. The van der Waals surface area contributed by atoms with Gasteiger partial charge in [-0.25, -0.2) is 0 Å². The second-order valence-corrected chi connectivity index (χ2v) is 26.2. The van der Waals surface area contributed by atoms with Gasteiger partial charge in [-0.05, 0) is 76.9 Å². The molecule has 1 nitrogen and oxygen atoms in total. The number of allylic oxidation sites excluding steroid dienone is 1. The Hall–Kier alpha value is -4.53. The molecule has 0 saturated heterocycles. The molecule has 2 atom stereocenters. The van der Waals surface area contributed by atoms with Crippen molar-refractivity contribution in [1.82, 2.24) is 0 Å². The highest BCUT2D eigenvalue weighted by Gasteiger charge is 2.59. The summed E-state index contributed by atoms with van der Waals surface area (Å²) in [5, 5.41) is 9.98. The van der Waals surface area contributed by atoms with E-state index in [-0.39, 0.29) is 0 Å². The number of nitrogens with zero attached hydrogens (tertiary/aromatic N) is 1. The van der Waals surface area contributed by atoms with Crippen molar-refractivity contribution in [1.29, 1.82) is 0 Å². The van der Waals surface area contributed by atoms with Crippen LogP contribution in [-0.2, 0) is 0 Å². The van der Waals surface area contributed by atoms with E-state index in [2.05, 4.69) is 247 Å². The predicted octanol–water partition coefficient (Wildman–Crippen LogP) is 13.1. The van der Waals surface area contributed by atoms with Crippen LogP contribution in [0.5, 0.6) is 0 Å². The molecular weight excluding hydrogens is 821 g/mol. The Kier molecular flexibility index (Phi) is 11.7. The lowest BCUT2D eigenvalue weighted by Crippen LogP contribution is -2.37. The average Bonchev–Trinajstić information content (AvgIpc) is 3.31. The largest absolute Gasteiger partial charge is 0.293 e. The highest BCUT2D eigenvalue weighted by Crippen LogP contribution is 2.86. The number of rotatable bonds is 9. The summed E-state index contributed by atoms with van der Waals surface area (Å²) in [6.07, 6.45) is 0. The fourth-order valence-corrected chi connectivity index (χ4v) is 29.3. The van der Waals surface area contributed by atoms with Gasteiger partial charge in [0.05, 0.1) is 0 Å². The predicted molar refractivity (Wildman–Crippen MR) is 263 cm³/mol. The second-order valence-electron chi connectivity index (χ2n) is 13.9. The van der Waals surface area contributed by atoms with Crippen molar-refractivity contribution in [2.75, 3.05) is 4.44 Å². The van der Waals surface area contributed by atoms with Crippen molar-refractivity contribution in [3.8, 4) is 0 Å². The molecule has 0 aliphatic carbocycles. The smallest absolute Gasteiger partial charge is 0.165 e. The summed E-state index contributed by atoms with van der Waals surface area (Å²) < 4.78 is 2.41. The second kappa shape index (κ2) is 17.4. The van der Waals surface area contributed by atoms with Crippen LogP contribution in [-0.4, -0.2) is 5.03 Å². The van der Waals surface area contributed by atoms with Crippen LogP contribution in [0.2, 0.25) is 0 Å². The Morgan fingerprint density at radius 2 is 0.672 bits per heavy atom. The van der Waals surface area contributed by atoms with Crippen molar-refractivity contribution in [2.45, 2.75) is 0 Å². The lowest BCUT2D eigenvalue weighted by molar-refractivity contribution is 1.58. The van der Waals surface area contributed by atoms with Gasteiger partial charge in [0, 0.05) is 16.3 Å². The zero-order chi connectivity index (χ0) is 39.4. The van der Waals surface area contributed by atoms with Crippen molar-refractivity contribution in [3.63, 3.8) is 0 Å². The third kappa shape index (κ3) is 6.74. The van der Waals surface area contributed by atoms with Gasteiger partial charge in [-0.15, -0.1) is 0 Å². The van der Waals surface area contributed by atoms with Gasteiger partial charge in [0.15, 0.2) is 12.5 Å². The monoisotopic (exact) mass is 860 g/mol. The topological polar surface area (TPSA) is 3.24 Å². The van der Waals surface area contributed by atoms with E-state index in [0.717, 1.165) is 11.3 Å². The van der Waals surface area contributed by atoms with Gasteiger partial charge in [0.2, 0.25) is 0 Å². The van der Waals surface area contributed by atoms with Crippen LogP contribution in [0.25, 0.3) is 5.57 Å². The van der Waals surface area contributed by atoms with Gasteiger partial charge in [-0.3, -0.25) is 4.44 Å². The van der Waals surface area contributed by atoms with E-state index in [0.29, 0.717) is 0 Å². The fraction of sp³-hybridized carbons (Fsp3) is 0. The molecule has 8 aromatic carbocycles. The van der Waals surface area contributed by atoms with Crippen LogP contribution in [0.1, 0.15) is 5.56 Å². The molecule has 1 heterocycles. The summed E-state index contributed by atoms with van der Waals surface area (Å²) in [7, 11) is -6.00. The zero-order valence-electron chi connectivity index (χ0n) is 31.6. The Morgan fingerprint density at radius 1 is 0.362 bits per heavy atom. The molecule has 9 rings (SSSR count). The molecule has 0 amide bonds. The average molecular weight is 862 g/mol. The molecule has 8 aromatic rings. The first-order valence-corrected chi connectivity index (χ1v) is 27.2. The number of benzene rings is 8. The normalized spacial score (nSPS) is 16.0. The Labute approximate surface area is 355 Å². The minimum absolute atomic E-state index is 1.02. The lowest BCUT2D eigenvalue weighted by Gasteiger charge is -2.46. The van der Waals surface area contributed by atoms with Crippen LogP contribution in [0.4, 0.5) is 5.69 Å². The number of halogens is 2. The van der Waals surface area contributed by atoms with E-state index in [1.807, 2.05) is 0 Å². The van der Waals surface area contributed by atoms with Gasteiger partial charge < -0.3 is 0 Å². The van der Waals surface area contributed by atoms with E-state index in [1.54, 1.807) is 0 Å². The van der Waals surface area contributed by atoms with Crippen LogP contribution in [0, 0.1) is 0 Å². The minimum Gasteiger partial charge on any atom is -0.293 e. The van der Waals surface area contributed by atoms with E-state index in [4.69, 9.17) is 22.5 Å². The molecule has 2 unspecified atom stereocenters. The Bertz CT molecular complexity index is 2490. The SMILES string of the molecule is ClP1C([P+](c2ccccc2)(c2ccccc2)c2ccccc2)=C(c2ccccc2)C(=P(c2ccccc2)(c2ccccc2)c2ccccc2)P(Cl)N1c1ccccc1. The summed E-state index contributed by atoms with van der Waals surface area (Å²) in [6.45, 7) is -2.79. The molecule has 0 aromatic heterocycles. The summed E-state index contributed by atoms with van der Waals surface area (Å²) in [5.41, 5.74) is 3.33. The van der Waals surface area contributed by atoms with Crippen molar-refractivity contribution >= 4 is 99.6 Å². The Morgan fingerprint density at radius 3 is 1.03 bits per heavy atom. The van der Waals surface area contributed by atoms with Crippen LogP contribution < -0.4 is 36.3 Å². The van der Waals surface area contributed by atoms with Crippen LogP contribution in [0.3, 0.4) is 0 Å². The summed E-state index contributed by atoms with van der Waals surface area (Å²) in [4.78, 5) is 0. The van der Waals surface area contributed by atoms with E-state index in [9.17, 15) is 0 Å². The first-order chi connectivity index (χ1) is 28.7. The van der Waals surface area contributed by atoms with Crippen LogP contribution >= 0.6 is 51.5 Å². The maximum atomic E-state index is 8.50. The van der Waals surface area contributed by atoms with Crippen molar-refractivity contribution in [3.05, 3.63) is 253 Å². The number of hydrogen-bond acceptors (Lipinski definition) is 1. The van der Waals surface area contributed by atoms with E-state index in [1.165, 1.54) is 47.5 Å². The molecule has 0 spiro atoms. The van der Waals surface area contributed by atoms with E-state index >= 15 is 0 Å². The van der Waals surface area contributed by atoms with E-state index < -0.39 is 29.0 Å². The summed E-state index contributed by atoms with van der Waals surface area (Å²) >= 11 is 17.0. The molecular formula is C51H40Cl2NP4+.